The Morgan fingerprint density at radius 1 is 1.15 bits per heavy atom. The van der Waals surface area contributed by atoms with Gasteiger partial charge in [-0.05, 0) is 30.4 Å². The van der Waals surface area contributed by atoms with Gasteiger partial charge in [-0.3, -0.25) is 9.59 Å². The summed E-state index contributed by atoms with van der Waals surface area (Å²) in [7, 11) is -3.25. The first kappa shape index (κ1) is 19.8. The molecule has 0 saturated carbocycles. The number of nitrogens with one attached hydrogen (secondary N) is 1. The van der Waals surface area contributed by atoms with E-state index in [9.17, 15) is 18.0 Å². The van der Waals surface area contributed by atoms with E-state index in [-0.39, 0.29) is 24.3 Å². The number of rotatable bonds is 6. The molecule has 0 aliphatic carbocycles. The van der Waals surface area contributed by atoms with Crippen molar-refractivity contribution < 1.29 is 18.0 Å². The molecule has 27 heavy (non-hydrogen) atoms. The van der Waals surface area contributed by atoms with E-state index in [1.165, 1.54) is 10.6 Å². The Bertz CT molecular complexity index is 792. The first-order valence-corrected chi connectivity index (χ1v) is 11.3. The van der Waals surface area contributed by atoms with Crippen LogP contribution in [0.4, 0.5) is 0 Å². The van der Waals surface area contributed by atoms with Crippen LogP contribution < -0.4 is 5.32 Å². The molecule has 7 nitrogen and oxygen atoms in total. The molecule has 3 rings (SSSR count). The lowest BCUT2D eigenvalue weighted by molar-refractivity contribution is -0.128. The first-order valence-electron chi connectivity index (χ1n) is 9.41. The lowest BCUT2D eigenvalue weighted by Crippen LogP contribution is -2.44. The van der Waals surface area contributed by atoms with Gasteiger partial charge in [-0.2, -0.15) is 0 Å². The van der Waals surface area contributed by atoms with Crippen molar-refractivity contribution in [3.63, 3.8) is 0 Å². The van der Waals surface area contributed by atoms with Gasteiger partial charge in [0.25, 0.3) is 0 Å². The van der Waals surface area contributed by atoms with Crippen LogP contribution in [0.25, 0.3) is 0 Å². The first-order chi connectivity index (χ1) is 12.8. The van der Waals surface area contributed by atoms with Crippen molar-refractivity contribution in [2.24, 2.45) is 5.92 Å². The smallest absolute Gasteiger partial charge is 0.224 e. The topological polar surface area (TPSA) is 86.8 Å². The van der Waals surface area contributed by atoms with Gasteiger partial charge in [-0.25, -0.2) is 12.7 Å². The van der Waals surface area contributed by atoms with Crippen molar-refractivity contribution in [2.75, 3.05) is 25.9 Å². The molecule has 2 saturated heterocycles. The fourth-order valence-corrected chi connectivity index (χ4v) is 4.56. The van der Waals surface area contributed by atoms with Gasteiger partial charge in [-0.1, -0.05) is 24.3 Å². The standard InChI is InChI=1S/C19H27N3O4S/c1-27(25,26)22-11-2-4-17(14-22)19(24)20-12-15-6-8-16(9-7-15)13-21-10-3-5-18(21)23/h6-9,17H,2-5,10-14H2,1H3,(H,20,24)/t17-/m1/s1. The number of amides is 2. The van der Waals surface area contributed by atoms with Gasteiger partial charge in [0.05, 0.1) is 12.2 Å². The number of hydrogen-bond donors (Lipinski definition) is 1. The third kappa shape index (κ3) is 5.29. The van der Waals surface area contributed by atoms with E-state index in [0.29, 0.717) is 38.9 Å². The molecule has 2 fully saturated rings. The fourth-order valence-electron chi connectivity index (χ4n) is 3.65. The summed E-state index contributed by atoms with van der Waals surface area (Å²) in [6.45, 7) is 2.62. The van der Waals surface area contributed by atoms with Crippen molar-refractivity contribution >= 4 is 21.8 Å². The quantitative estimate of drug-likeness (QED) is 0.784. The molecule has 0 spiro atoms. The average molecular weight is 394 g/mol. The molecule has 0 unspecified atom stereocenters. The van der Waals surface area contributed by atoms with E-state index in [1.54, 1.807) is 0 Å². The highest BCUT2D eigenvalue weighted by atomic mass is 32.2. The van der Waals surface area contributed by atoms with Crippen molar-refractivity contribution in [3.05, 3.63) is 35.4 Å². The van der Waals surface area contributed by atoms with Crippen LogP contribution in [0.15, 0.2) is 24.3 Å². The molecule has 2 amide bonds. The summed E-state index contributed by atoms with van der Waals surface area (Å²) in [5, 5.41) is 2.92. The van der Waals surface area contributed by atoms with Crippen LogP contribution in [0.2, 0.25) is 0 Å². The number of piperidine rings is 1. The van der Waals surface area contributed by atoms with E-state index in [2.05, 4.69) is 5.32 Å². The summed E-state index contributed by atoms with van der Waals surface area (Å²) in [4.78, 5) is 26.0. The number of sulfonamides is 1. The maximum absolute atomic E-state index is 12.4. The molecule has 2 aliphatic heterocycles. The molecule has 2 heterocycles. The van der Waals surface area contributed by atoms with Crippen LogP contribution in [0.1, 0.15) is 36.8 Å². The van der Waals surface area contributed by atoms with Gasteiger partial charge < -0.3 is 10.2 Å². The van der Waals surface area contributed by atoms with Crippen molar-refractivity contribution in [3.8, 4) is 0 Å². The second-order valence-corrected chi connectivity index (χ2v) is 9.40. The van der Waals surface area contributed by atoms with Gasteiger partial charge in [0.2, 0.25) is 21.8 Å². The summed E-state index contributed by atoms with van der Waals surface area (Å²) < 4.78 is 24.7. The minimum atomic E-state index is -3.25. The molecule has 0 radical (unpaired) electrons. The van der Waals surface area contributed by atoms with E-state index in [1.807, 2.05) is 29.2 Å². The summed E-state index contributed by atoms with van der Waals surface area (Å²) >= 11 is 0. The average Bonchev–Trinajstić information content (AvgIpc) is 3.05. The number of benzene rings is 1. The van der Waals surface area contributed by atoms with E-state index < -0.39 is 10.0 Å². The van der Waals surface area contributed by atoms with Gasteiger partial charge in [0.15, 0.2) is 0 Å². The molecule has 1 N–H and O–H groups in total. The Morgan fingerprint density at radius 2 is 1.85 bits per heavy atom. The zero-order chi connectivity index (χ0) is 19.4. The Morgan fingerprint density at radius 3 is 2.48 bits per heavy atom. The Kier molecular flexibility index (Phi) is 6.16. The summed E-state index contributed by atoms with van der Waals surface area (Å²) in [5.74, 6) is -0.189. The molecule has 1 aromatic carbocycles. The summed E-state index contributed by atoms with van der Waals surface area (Å²) in [5.41, 5.74) is 2.06. The van der Waals surface area contributed by atoms with Crippen molar-refractivity contribution in [2.45, 2.75) is 38.8 Å². The molecule has 1 aromatic rings. The number of carbonyl (C=O) groups is 2. The normalized spacial score (nSPS) is 21.4. The van der Waals surface area contributed by atoms with Crippen LogP contribution in [0, 0.1) is 5.92 Å². The van der Waals surface area contributed by atoms with E-state index in [4.69, 9.17) is 0 Å². The Labute approximate surface area is 160 Å². The molecular weight excluding hydrogens is 366 g/mol. The lowest BCUT2D eigenvalue weighted by Gasteiger charge is -2.30. The predicted molar refractivity (Wildman–Crippen MR) is 102 cm³/mol. The molecule has 0 bridgehead atoms. The van der Waals surface area contributed by atoms with E-state index in [0.717, 1.165) is 24.1 Å². The number of likely N-dealkylation sites (tertiary alicyclic amines) is 1. The predicted octanol–water partition coefficient (Wildman–Crippen LogP) is 1.10. The molecule has 0 aromatic heterocycles. The fraction of sp³-hybridized carbons (Fsp3) is 0.579. The largest absolute Gasteiger partial charge is 0.352 e. The van der Waals surface area contributed by atoms with Crippen LogP contribution in [-0.4, -0.2) is 55.3 Å². The van der Waals surface area contributed by atoms with Crippen molar-refractivity contribution in [1.82, 2.24) is 14.5 Å². The Hall–Kier alpha value is -1.93. The highest BCUT2D eigenvalue weighted by Crippen LogP contribution is 2.19. The molecule has 2 aliphatic rings. The molecule has 8 heteroatoms. The second kappa shape index (κ2) is 8.39. The Balaban J connectivity index is 1.49. The van der Waals surface area contributed by atoms with Gasteiger partial charge >= 0.3 is 0 Å². The third-order valence-corrected chi connectivity index (χ3v) is 6.53. The third-order valence-electron chi connectivity index (χ3n) is 5.26. The molecular formula is C19H27N3O4S. The minimum Gasteiger partial charge on any atom is -0.352 e. The maximum atomic E-state index is 12.4. The van der Waals surface area contributed by atoms with Gasteiger partial charge in [0, 0.05) is 39.1 Å². The zero-order valence-corrected chi connectivity index (χ0v) is 16.5. The van der Waals surface area contributed by atoms with Crippen molar-refractivity contribution in [1.29, 1.82) is 0 Å². The van der Waals surface area contributed by atoms with Gasteiger partial charge in [0.1, 0.15) is 0 Å². The summed E-state index contributed by atoms with van der Waals surface area (Å²) in [6.07, 6.45) is 4.17. The number of carbonyl (C=O) groups excluding carboxylic acids is 2. The molecule has 148 valence electrons. The van der Waals surface area contributed by atoms with Crippen LogP contribution >= 0.6 is 0 Å². The minimum absolute atomic E-state index is 0.102. The second-order valence-electron chi connectivity index (χ2n) is 7.41. The lowest BCUT2D eigenvalue weighted by atomic mass is 9.98. The number of hydrogen-bond acceptors (Lipinski definition) is 4. The van der Waals surface area contributed by atoms with Crippen LogP contribution in [-0.2, 0) is 32.7 Å². The SMILES string of the molecule is CS(=O)(=O)N1CCC[C@@H](C(=O)NCc2ccc(CN3CCCC3=O)cc2)C1. The highest BCUT2D eigenvalue weighted by Gasteiger charge is 2.30. The molecule has 1 atom stereocenters. The monoisotopic (exact) mass is 393 g/mol. The summed E-state index contributed by atoms with van der Waals surface area (Å²) in [6, 6.07) is 7.89. The van der Waals surface area contributed by atoms with Crippen LogP contribution in [0.3, 0.4) is 0 Å². The highest BCUT2D eigenvalue weighted by molar-refractivity contribution is 7.88. The maximum Gasteiger partial charge on any atom is 0.224 e. The number of nitrogens with zero attached hydrogens (tertiary/aromatic N) is 2. The zero-order valence-electron chi connectivity index (χ0n) is 15.7. The van der Waals surface area contributed by atoms with Crippen LogP contribution in [0.5, 0.6) is 0 Å². The van der Waals surface area contributed by atoms with Gasteiger partial charge in [-0.15, -0.1) is 0 Å². The van der Waals surface area contributed by atoms with E-state index >= 15 is 0 Å².